The van der Waals surface area contributed by atoms with Gasteiger partial charge in [0.05, 0.1) is 0 Å². The van der Waals surface area contributed by atoms with Crippen LogP contribution in [0.25, 0.3) is 10.8 Å². The van der Waals surface area contributed by atoms with Crippen molar-refractivity contribution in [2.45, 2.75) is 186 Å². The first-order chi connectivity index (χ1) is 20.5. The predicted octanol–water partition coefficient (Wildman–Crippen LogP) is 12.6. The molecule has 0 saturated heterocycles. The second-order valence-corrected chi connectivity index (χ2v) is 14.2. The fraction of sp³-hybridized carbons (Fsp3) is 0.737. The topological polar surface area (TPSA) is 54.4 Å². The summed E-state index contributed by atoms with van der Waals surface area (Å²) in [6.07, 6.45) is 33.9. The van der Waals surface area contributed by atoms with Crippen LogP contribution in [0.1, 0.15) is 179 Å². The molecular weight excluding hydrogens is 536 g/mol. The average Bonchev–Trinajstić information content (AvgIpc) is 2.97. The molecule has 0 aliphatic heterocycles. The van der Waals surface area contributed by atoms with Crippen molar-refractivity contribution in [1.29, 1.82) is 0 Å². The van der Waals surface area contributed by atoms with E-state index in [2.05, 4.69) is 19.9 Å². The zero-order valence-electron chi connectivity index (χ0n) is 27.4. The Morgan fingerprint density at radius 1 is 0.500 bits per heavy atom. The Morgan fingerprint density at radius 3 is 1.33 bits per heavy atom. The Bertz CT molecular complexity index is 1060. The second-order valence-electron chi connectivity index (χ2n) is 12.9. The fourth-order valence-electron chi connectivity index (χ4n) is 6.40. The highest BCUT2D eigenvalue weighted by molar-refractivity contribution is 7.86. The van der Waals surface area contributed by atoms with Gasteiger partial charge in [-0.05, 0) is 54.3 Å². The Morgan fingerprint density at radius 2 is 0.905 bits per heavy atom. The lowest BCUT2D eigenvalue weighted by atomic mass is 9.94. The fourth-order valence-corrected chi connectivity index (χ4v) is 7.10. The molecule has 2 aromatic carbocycles. The molecule has 0 aliphatic rings. The highest BCUT2D eigenvalue weighted by atomic mass is 32.2. The van der Waals surface area contributed by atoms with E-state index < -0.39 is 10.1 Å². The van der Waals surface area contributed by atoms with Gasteiger partial charge in [0.25, 0.3) is 10.1 Å². The first-order valence-electron chi connectivity index (χ1n) is 18.0. The van der Waals surface area contributed by atoms with Gasteiger partial charge in [0.2, 0.25) is 0 Å². The Hall–Kier alpha value is -1.39. The molecule has 0 bridgehead atoms. The maximum atomic E-state index is 12.2. The molecule has 0 aromatic heterocycles. The van der Waals surface area contributed by atoms with E-state index in [0.29, 0.717) is 5.39 Å². The van der Waals surface area contributed by atoms with Gasteiger partial charge in [-0.25, -0.2) is 0 Å². The summed E-state index contributed by atoms with van der Waals surface area (Å²) in [4.78, 5) is 0.0486. The van der Waals surface area contributed by atoms with Crippen LogP contribution < -0.4 is 0 Å². The zero-order chi connectivity index (χ0) is 30.3. The molecule has 42 heavy (non-hydrogen) atoms. The van der Waals surface area contributed by atoms with Gasteiger partial charge in [-0.2, -0.15) is 8.42 Å². The molecule has 0 saturated carbocycles. The van der Waals surface area contributed by atoms with E-state index in [1.165, 1.54) is 152 Å². The third-order valence-corrected chi connectivity index (χ3v) is 9.91. The summed E-state index contributed by atoms with van der Waals surface area (Å²) in [6.45, 7) is 4.55. The first-order valence-corrected chi connectivity index (χ1v) is 19.4. The van der Waals surface area contributed by atoms with Crippen LogP contribution in [0, 0.1) is 0 Å². The molecule has 0 atom stereocenters. The van der Waals surface area contributed by atoms with Crippen LogP contribution in [-0.4, -0.2) is 13.0 Å². The molecule has 1 N–H and O–H groups in total. The minimum absolute atomic E-state index is 0.0486. The van der Waals surface area contributed by atoms with Crippen molar-refractivity contribution < 1.29 is 13.0 Å². The number of unbranched alkanes of at least 4 members (excludes halogenated alkanes) is 22. The largest absolute Gasteiger partial charge is 0.295 e. The predicted molar refractivity (Wildman–Crippen MR) is 183 cm³/mol. The van der Waals surface area contributed by atoms with Crippen LogP contribution >= 0.6 is 0 Å². The van der Waals surface area contributed by atoms with E-state index in [1.54, 1.807) is 12.1 Å². The van der Waals surface area contributed by atoms with E-state index >= 15 is 0 Å². The third-order valence-electron chi connectivity index (χ3n) is 9.00. The lowest BCUT2D eigenvalue weighted by Crippen LogP contribution is -2.01. The van der Waals surface area contributed by atoms with Crippen molar-refractivity contribution in [3.8, 4) is 0 Å². The van der Waals surface area contributed by atoms with Gasteiger partial charge in [0.15, 0.2) is 0 Å². The lowest BCUT2D eigenvalue weighted by molar-refractivity contribution is 0.484. The maximum Gasteiger partial charge on any atom is 0.295 e. The molecule has 2 rings (SSSR count). The number of rotatable bonds is 27. The summed E-state index contributed by atoms with van der Waals surface area (Å²) in [7, 11) is -4.26. The molecule has 0 heterocycles. The van der Waals surface area contributed by atoms with Crippen LogP contribution in [0.4, 0.5) is 0 Å². The standard InChI is InChI=1S/C38H64O3S/c1-3-5-7-9-11-13-15-17-19-21-23-25-28-34-32-35(36-30-27-31-38(37(36)33-34)42(39,40)41)29-26-24-22-20-18-16-14-12-10-8-6-4-2/h27,30-33H,3-26,28-29H2,1-2H3,(H,39,40,41). The molecular formula is C38H64O3S. The molecule has 0 aliphatic carbocycles. The monoisotopic (exact) mass is 600 g/mol. The molecule has 2 aromatic rings. The third kappa shape index (κ3) is 15.9. The van der Waals surface area contributed by atoms with Crippen molar-refractivity contribution in [1.82, 2.24) is 0 Å². The summed E-state index contributed by atoms with van der Waals surface area (Å²) in [5.74, 6) is 0. The van der Waals surface area contributed by atoms with Gasteiger partial charge in [0.1, 0.15) is 4.90 Å². The summed E-state index contributed by atoms with van der Waals surface area (Å²) in [6, 6.07) is 9.66. The minimum Gasteiger partial charge on any atom is -0.282 e. The lowest BCUT2D eigenvalue weighted by Gasteiger charge is -2.13. The van der Waals surface area contributed by atoms with Crippen molar-refractivity contribution in [2.24, 2.45) is 0 Å². The highest BCUT2D eigenvalue weighted by Gasteiger charge is 2.16. The van der Waals surface area contributed by atoms with Crippen LogP contribution in [0.5, 0.6) is 0 Å². The molecule has 0 radical (unpaired) electrons. The number of hydrogen-bond acceptors (Lipinski definition) is 2. The molecule has 3 nitrogen and oxygen atoms in total. The van der Waals surface area contributed by atoms with Gasteiger partial charge in [-0.1, -0.05) is 173 Å². The number of benzene rings is 2. The second kappa shape index (κ2) is 23.1. The zero-order valence-corrected chi connectivity index (χ0v) is 28.3. The molecule has 0 spiro atoms. The van der Waals surface area contributed by atoms with Gasteiger partial charge < -0.3 is 0 Å². The van der Waals surface area contributed by atoms with E-state index in [0.717, 1.165) is 31.1 Å². The molecule has 0 amide bonds. The van der Waals surface area contributed by atoms with Crippen molar-refractivity contribution in [3.05, 3.63) is 41.5 Å². The van der Waals surface area contributed by atoms with E-state index in [9.17, 15) is 13.0 Å². The van der Waals surface area contributed by atoms with E-state index in [-0.39, 0.29) is 4.90 Å². The Balaban J connectivity index is 1.78. The summed E-state index contributed by atoms with van der Waals surface area (Å²) in [5, 5.41) is 1.66. The molecule has 0 unspecified atom stereocenters. The summed E-state index contributed by atoms with van der Waals surface area (Å²) >= 11 is 0. The van der Waals surface area contributed by atoms with Crippen LogP contribution in [-0.2, 0) is 23.0 Å². The number of aryl methyl sites for hydroxylation is 2. The average molecular weight is 601 g/mol. The summed E-state index contributed by atoms with van der Waals surface area (Å²) < 4.78 is 34.3. The molecule has 0 fully saturated rings. The SMILES string of the molecule is CCCCCCCCCCCCCCc1cc(CCCCCCCCCCCCCC)c2cccc(S(=O)(=O)O)c2c1. The quantitative estimate of drug-likeness (QED) is 0.0819. The number of hydrogen-bond donors (Lipinski definition) is 1. The van der Waals surface area contributed by atoms with Crippen molar-refractivity contribution in [3.63, 3.8) is 0 Å². The number of fused-ring (bicyclic) bond motifs is 1. The normalized spacial score (nSPS) is 12.0. The Labute approximate surface area is 260 Å². The van der Waals surface area contributed by atoms with Gasteiger partial charge in [0, 0.05) is 5.39 Å². The van der Waals surface area contributed by atoms with Crippen molar-refractivity contribution in [2.75, 3.05) is 0 Å². The van der Waals surface area contributed by atoms with Gasteiger partial charge >= 0.3 is 0 Å². The minimum atomic E-state index is -4.26. The van der Waals surface area contributed by atoms with Crippen LogP contribution in [0.3, 0.4) is 0 Å². The van der Waals surface area contributed by atoms with Gasteiger partial charge in [-0.3, -0.25) is 4.55 Å². The Kier molecular flexibility index (Phi) is 20.2. The summed E-state index contributed by atoms with van der Waals surface area (Å²) in [5.41, 5.74) is 2.44. The highest BCUT2D eigenvalue weighted by Crippen LogP contribution is 2.29. The van der Waals surface area contributed by atoms with Crippen molar-refractivity contribution >= 4 is 20.9 Å². The first kappa shape index (κ1) is 36.8. The van der Waals surface area contributed by atoms with Crippen LogP contribution in [0.2, 0.25) is 0 Å². The molecule has 4 heteroatoms. The van der Waals surface area contributed by atoms with E-state index in [1.807, 2.05) is 12.1 Å². The van der Waals surface area contributed by atoms with Gasteiger partial charge in [-0.15, -0.1) is 0 Å². The maximum absolute atomic E-state index is 12.2. The van der Waals surface area contributed by atoms with E-state index in [4.69, 9.17) is 0 Å². The van der Waals surface area contributed by atoms with Crippen LogP contribution in [0.15, 0.2) is 35.2 Å². The smallest absolute Gasteiger partial charge is 0.282 e. The molecule has 240 valence electrons.